The second-order valence-corrected chi connectivity index (χ2v) is 4.80. The molecule has 0 spiro atoms. The summed E-state index contributed by atoms with van der Waals surface area (Å²) >= 11 is 1.33. The highest BCUT2D eigenvalue weighted by Gasteiger charge is 2.15. The van der Waals surface area contributed by atoms with Crippen LogP contribution in [0, 0.1) is 6.92 Å². The number of amides is 1. The number of nitrogens with two attached hydrogens (primary N) is 1. The van der Waals surface area contributed by atoms with Gasteiger partial charge < -0.3 is 4.42 Å². The lowest BCUT2D eigenvalue weighted by molar-refractivity contribution is 0.0923. The van der Waals surface area contributed by atoms with Crippen molar-refractivity contribution >= 4 is 17.7 Å². The topological polar surface area (TPSA) is 119 Å². The zero-order chi connectivity index (χ0) is 14.0. The maximum Gasteiger partial charge on any atom is 0.343 e. The van der Waals surface area contributed by atoms with Crippen LogP contribution in [-0.2, 0) is 12.8 Å². The Hall–Kier alpha value is -2.00. The summed E-state index contributed by atoms with van der Waals surface area (Å²) in [6.45, 7) is 1.76. The summed E-state index contributed by atoms with van der Waals surface area (Å²) in [5, 5.41) is 6.75. The molecule has 1 amide bonds. The van der Waals surface area contributed by atoms with Gasteiger partial charge in [0.2, 0.25) is 0 Å². The van der Waals surface area contributed by atoms with Crippen molar-refractivity contribution in [3.63, 3.8) is 0 Å². The Morgan fingerprint density at radius 3 is 3.00 bits per heavy atom. The predicted molar refractivity (Wildman–Crippen MR) is 68.5 cm³/mol. The van der Waals surface area contributed by atoms with Crippen LogP contribution in [0.4, 0.5) is 0 Å². The Labute approximate surface area is 112 Å². The lowest BCUT2D eigenvalue weighted by Gasteiger charge is -1.97. The van der Waals surface area contributed by atoms with E-state index in [0.29, 0.717) is 22.2 Å². The molecule has 2 aromatic rings. The molecule has 2 heterocycles. The number of hydrazine groups is 1. The quantitative estimate of drug-likeness (QED) is 0.312. The van der Waals surface area contributed by atoms with Gasteiger partial charge >= 0.3 is 11.6 Å². The fourth-order valence-electron chi connectivity index (χ4n) is 1.51. The maximum absolute atomic E-state index is 11.4. The number of nitrogen functional groups attached to an aromatic ring is 1. The van der Waals surface area contributed by atoms with Crippen LogP contribution in [-0.4, -0.2) is 20.7 Å². The van der Waals surface area contributed by atoms with E-state index >= 15 is 0 Å². The van der Waals surface area contributed by atoms with Crippen LogP contribution >= 0.6 is 11.8 Å². The molecule has 0 radical (unpaired) electrons. The lowest BCUT2D eigenvalue weighted by atomic mass is 10.2. The Morgan fingerprint density at radius 2 is 2.42 bits per heavy atom. The zero-order valence-electron chi connectivity index (χ0n) is 10.4. The van der Waals surface area contributed by atoms with Crippen molar-refractivity contribution in [2.24, 2.45) is 12.9 Å². The average molecular weight is 283 g/mol. The Balaban J connectivity index is 2.10. The van der Waals surface area contributed by atoms with E-state index in [2.05, 4.69) is 10.2 Å². The number of hydrogen-bond acceptors (Lipinski definition) is 6. The summed E-state index contributed by atoms with van der Waals surface area (Å²) in [6, 6.07) is 1.75. The largest absolute Gasteiger partial charge is 0.455 e. The standard InChI is InChI=1S/C10H13N5O3S/c1-5-3-6(18-7(5)8(16)12-11)4-19-10-14-13-9(17)15(10)2/h3H,4,11H2,1-2H3,(H,12,16)(H,13,17). The molecule has 0 aliphatic rings. The Morgan fingerprint density at radius 1 is 1.68 bits per heavy atom. The summed E-state index contributed by atoms with van der Waals surface area (Å²) < 4.78 is 6.79. The van der Waals surface area contributed by atoms with E-state index in [0.717, 1.165) is 0 Å². The van der Waals surface area contributed by atoms with Gasteiger partial charge in [0.25, 0.3) is 0 Å². The van der Waals surface area contributed by atoms with Gasteiger partial charge in [-0.05, 0) is 13.0 Å². The number of aromatic amines is 1. The molecular weight excluding hydrogens is 270 g/mol. The van der Waals surface area contributed by atoms with Crippen LogP contribution < -0.4 is 17.0 Å². The molecule has 19 heavy (non-hydrogen) atoms. The molecule has 0 saturated heterocycles. The van der Waals surface area contributed by atoms with Gasteiger partial charge in [0.15, 0.2) is 10.9 Å². The molecule has 0 unspecified atom stereocenters. The molecule has 0 atom stereocenters. The van der Waals surface area contributed by atoms with Crippen molar-refractivity contribution in [1.29, 1.82) is 0 Å². The summed E-state index contributed by atoms with van der Waals surface area (Å²) in [5.74, 6) is 5.83. The molecular formula is C10H13N5O3S. The number of nitrogens with zero attached hydrogens (tertiary/aromatic N) is 2. The molecule has 0 aliphatic carbocycles. The average Bonchev–Trinajstić information content (AvgIpc) is 2.91. The van der Waals surface area contributed by atoms with E-state index in [-0.39, 0.29) is 11.4 Å². The number of aryl methyl sites for hydroxylation is 1. The normalized spacial score (nSPS) is 10.7. The number of hydrogen-bond donors (Lipinski definition) is 3. The van der Waals surface area contributed by atoms with Crippen LogP contribution in [0.15, 0.2) is 20.4 Å². The number of carbonyl (C=O) groups is 1. The Kier molecular flexibility index (Phi) is 3.76. The second kappa shape index (κ2) is 5.33. The van der Waals surface area contributed by atoms with Gasteiger partial charge in [-0.3, -0.25) is 14.8 Å². The Bertz CT molecular complexity index is 656. The van der Waals surface area contributed by atoms with Gasteiger partial charge in [-0.25, -0.2) is 15.7 Å². The zero-order valence-corrected chi connectivity index (χ0v) is 11.2. The van der Waals surface area contributed by atoms with Crippen molar-refractivity contribution in [1.82, 2.24) is 20.2 Å². The van der Waals surface area contributed by atoms with E-state index in [9.17, 15) is 9.59 Å². The van der Waals surface area contributed by atoms with E-state index < -0.39 is 5.91 Å². The van der Waals surface area contributed by atoms with Crippen molar-refractivity contribution in [3.05, 3.63) is 33.6 Å². The summed E-state index contributed by atoms with van der Waals surface area (Å²) in [5.41, 5.74) is 2.45. The summed E-state index contributed by atoms with van der Waals surface area (Å²) in [7, 11) is 1.62. The number of H-pyrrole nitrogens is 1. The van der Waals surface area contributed by atoms with Crippen LogP contribution in [0.2, 0.25) is 0 Å². The van der Waals surface area contributed by atoms with Crippen molar-refractivity contribution in [2.75, 3.05) is 0 Å². The van der Waals surface area contributed by atoms with Gasteiger partial charge in [-0.15, -0.1) is 5.10 Å². The number of carbonyl (C=O) groups excluding carboxylic acids is 1. The molecule has 2 aromatic heterocycles. The second-order valence-electron chi connectivity index (χ2n) is 3.86. The smallest absolute Gasteiger partial charge is 0.343 e. The predicted octanol–water partition coefficient (Wildman–Crippen LogP) is -0.0944. The van der Waals surface area contributed by atoms with Gasteiger partial charge in [0.05, 0.1) is 5.75 Å². The molecule has 0 aromatic carbocycles. The lowest BCUT2D eigenvalue weighted by Crippen LogP contribution is -2.30. The van der Waals surface area contributed by atoms with Crippen molar-refractivity contribution in [3.8, 4) is 0 Å². The van der Waals surface area contributed by atoms with Crippen molar-refractivity contribution < 1.29 is 9.21 Å². The monoisotopic (exact) mass is 283 g/mol. The molecule has 2 rings (SSSR count). The minimum atomic E-state index is -0.471. The number of rotatable bonds is 4. The summed E-state index contributed by atoms with van der Waals surface area (Å²) in [6.07, 6.45) is 0. The first kappa shape index (κ1) is 13.4. The molecule has 0 aliphatic heterocycles. The third-order valence-electron chi connectivity index (χ3n) is 2.49. The summed E-state index contributed by atoms with van der Waals surface area (Å²) in [4.78, 5) is 22.6. The number of thioether (sulfide) groups is 1. The highest BCUT2D eigenvalue weighted by molar-refractivity contribution is 7.98. The fraction of sp³-hybridized carbons (Fsp3) is 0.300. The van der Waals surface area contributed by atoms with E-state index in [1.54, 1.807) is 20.0 Å². The SMILES string of the molecule is Cc1cc(CSc2n[nH]c(=O)n2C)oc1C(=O)NN. The van der Waals surface area contributed by atoms with Gasteiger partial charge in [0, 0.05) is 12.6 Å². The highest BCUT2D eigenvalue weighted by atomic mass is 32.2. The molecule has 102 valence electrons. The van der Waals surface area contributed by atoms with Crippen LogP contribution in [0.5, 0.6) is 0 Å². The van der Waals surface area contributed by atoms with Gasteiger partial charge in [-0.1, -0.05) is 11.8 Å². The minimum absolute atomic E-state index is 0.189. The van der Waals surface area contributed by atoms with E-state index in [1.165, 1.54) is 16.3 Å². The first-order valence-corrected chi connectivity index (χ1v) is 6.36. The molecule has 0 fully saturated rings. The van der Waals surface area contributed by atoms with Crippen molar-refractivity contribution in [2.45, 2.75) is 17.8 Å². The molecule has 9 heteroatoms. The van der Waals surface area contributed by atoms with Gasteiger partial charge in [0.1, 0.15) is 5.76 Å². The third-order valence-corrected chi connectivity index (χ3v) is 3.54. The van der Waals surface area contributed by atoms with Gasteiger partial charge in [-0.2, -0.15) is 0 Å². The number of furan rings is 1. The first-order chi connectivity index (χ1) is 9.02. The molecule has 8 nitrogen and oxygen atoms in total. The third kappa shape index (κ3) is 2.71. The molecule has 0 saturated carbocycles. The highest BCUT2D eigenvalue weighted by Crippen LogP contribution is 2.22. The number of nitrogens with one attached hydrogen (secondary N) is 2. The number of aromatic nitrogens is 3. The van der Waals surface area contributed by atoms with Crippen LogP contribution in [0.1, 0.15) is 21.9 Å². The van der Waals surface area contributed by atoms with E-state index in [4.69, 9.17) is 10.3 Å². The molecule has 4 N–H and O–H groups in total. The van der Waals surface area contributed by atoms with E-state index in [1.807, 2.05) is 5.43 Å². The minimum Gasteiger partial charge on any atom is -0.455 e. The van der Waals surface area contributed by atoms with Crippen LogP contribution in [0.25, 0.3) is 0 Å². The maximum atomic E-state index is 11.4. The first-order valence-electron chi connectivity index (χ1n) is 5.37. The molecule has 0 bridgehead atoms. The fourth-order valence-corrected chi connectivity index (χ4v) is 2.31. The van der Waals surface area contributed by atoms with Crippen LogP contribution in [0.3, 0.4) is 0 Å².